The van der Waals surface area contributed by atoms with Gasteiger partial charge in [-0.25, -0.2) is 4.79 Å². The maximum atomic E-state index is 11.5. The normalized spacial score (nSPS) is 26.4. The van der Waals surface area contributed by atoms with Crippen LogP contribution in [0, 0.1) is 0 Å². The molecule has 5 nitrogen and oxygen atoms in total. The van der Waals surface area contributed by atoms with E-state index in [1.807, 2.05) is 20.8 Å². The van der Waals surface area contributed by atoms with Gasteiger partial charge in [0.1, 0.15) is 5.60 Å². The van der Waals surface area contributed by atoms with Crippen molar-refractivity contribution in [3.63, 3.8) is 0 Å². The Balaban J connectivity index is 2.10. The maximum Gasteiger partial charge on any atom is 0.407 e. The molecule has 1 fully saturated rings. The van der Waals surface area contributed by atoms with E-state index < -0.39 is 5.60 Å². The second-order valence-corrected chi connectivity index (χ2v) is 7.08. The molecule has 1 saturated heterocycles. The first kappa shape index (κ1) is 18.2. The van der Waals surface area contributed by atoms with Crippen LogP contribution in [-0.4, -0.2) is 43.0 Å². The topological polar surface area (TPSA) is 59.6 Å². The van der Waals surface area contributed by atoms with Gasteiger partial charge >= 0.3 is 6.09 Å². The number of hydrogen-bond acceptors (Lipinski definition) is 4. The van der Waals surface area contributed by atoms with Crippen LogP contribution in [0.3, 0.4) is 0 Å². The first-order valence-corrected chi connectivity index (χ1v) is 8.08. The van der Waals surface area contributed by atoms with Crippen LogP contribution in [0.25, 0.3) is 0 Å². The number of nitrogens with one attached hydrogen (secondary N) is 2. The Morgan fingerprint density at radius 1 is 1.38 bits per heavy atom. The summed E-state index contributed by atoms with van der Waals surface area (Å²) in [6, 6.07) is 0.519. The molecule has 124 valence electrons. The minimum atomic E-state index is -0.435. The fourth-order valence-electron chi connectivity index (χ4n) is 2.45. The molecule has 1 amide bonds. The molecule has 1 aliphatic rings. The molecule has 0 bridgehead atoms. The first-order valence-electron chi connectivity index (χ1n) is 8.08. The Bertz CT molecular complexity index is 328. The third kappa shape index (κ3) is 7.67. The summed E-state index contributed by atoms with van der Waals surface area (Å²) >= 11 is 0. The molecule has 1 heterocycles. The van der Waals surface area contributed by atoms with Gasteiger partial charge < -0.3 is 20.1 Å². The highest BCUT2D eigenvalue weighted by Gasteiger charge is 2.31. The smallest absolute Gasteiger partial charge is 0.407 e. The SMILES string of the molecule is CCC1(C)CC(NCCCNC(=O)OC(C)(C)C)CCO1. The van der Waals surface area contributed by atoms with E-state index in [-0.39, 0.29) is 11.7 Å². The van der Waals surface area contributed by atoms with Crippen molar-refractivity contribution in [1.82, 2.24) is 10.6 Å². The lowest BCUT2D eigenvalue weighted by atomic mass is 9.90. The number of amides is 1. The van der Waals surface area contributed by atoms with Crippen molar-refractivity contribution in [1.29, 1.82) is 0 Å². The summed E-state index contributed by atoms with van der Waals surface area (Å²) in [4.78, 5) is 11.5. The molecule has 0 aromatic carbocycles. The van der Waals surface area contributed by atoms with E-state index in [1.54, 1.807) is 0 Å². The van der Waals surface area contributed by atoms with Gasteiger partial charge in [-0.2, -0.15) is 0 Å². The van der Waals surface area contributed by atoms with Crippen LogP contribution >= 0.6 is 0 Å². The second kappa shape index (κ2) is 7.99. The van der Waals surface area contributed by atoms with Crippen molar-refractivity contribution in [2.75, 3.05) is 19.7 Å². The fraction of sp³-hybridized carbons (Fsp3) is 0.938. The van der Waals surface area contributed by atoms with Gasteiger partial charge in [0, 0.05) is 19.2 Å². The summed E-state index contributed by atoms with van der Waals surface area (Å²) < 4.78 is 11.0. The van der Waals surface area contributed by atoms with Crippen molar-refractivity contribution in [3.8, 4) is 0 Å². The quantitative estimate of drug-likeness (QED) is 0.741. The number of rotatable bonds is 6. The number of ether oxygens (including phenoxy) is 2. The molecule has 0 radical (unpaired) electrons. The Morgan fingerprint density at radius 2 is 2.10 bits per heavy atom. The number of alkyl carbamates (subject to hydrolysis) is 1. The largest absolute Gasteiger partial charge is 0.444 e. The van der Waals surface area contributed by atoms with Gasteiger partial charge in [-0.15, -0.1) is 0 Å². The highest BCUT2D eigenvalue weighted by Crippen LogP contribution is 2.27. The molecule has 5 heteroatoms. The summed E-state index contributed by atoms with van der Waals surface area (Å²) in [6.45, 7) is 12.3. The Morgan fingerprint density at radius 3 is 2.71 bits per heavy atom. The molecule has 0 saturated carbocycles. The van der Waals surface area contributed by atoms with Crippen LogP contribution in [0.5, 0.6) is 0 Å². The average Bonchev–Trinajstić information content (AvgIpc) is 2.36. The van der Waals surface area contributed by atoms with Gasteiger partial charge in [-0.05, 0) is 59.9 Å². The zero-order chi connectivity index (χ0) is 15.9. The number of carbonyl (C=O) groups excluding carboxylic acids is 1. The minimum Gasteiger partial charge on any atom is -0.444 e. The van der Waals surface area contributed by atoms with E-state index in [0.29, 0.717) is 12.6 Å². The van der Waals surface area contributed by atoms with Crippen LogP contribution in [0.1, 0.15) is 60.3 Å². The van der Waals surface area contributed by atoms with E-state index in [9.17, 15) is 4.79 Å². The maximum absolute atomic E-state index is 11.5. The standard InChI is InChI=1S/C16H32N2O3/c1-6-16(5)12-13(8-11-20-16)17-9-7-10-18-14(19)21-15(2,3)4/h13,17H,6-12H2,1-5H3,(H,18,19). The predicted molar refractivity (Wildman–Crippen MR) is 84.5 cm³/mol. The summed E-state index contributed by atoms with van der Waals surface area (Å²) in [6.07, 6.45) is 3.73. The summed E-state index contributed by atoms with van der Waals surface area (Å²) in [5, 5.41) is 6.34. The zero-order valence-electron chi connectivity index (χ0n) is 14.3. The first-order chi connectivity index (χ1) is 9.74. The van der Waals surface area contributed by atoms with Crippen LogP contribution in [0.4, 0.5) is 4.79 Å². The Hall–Kier alpha value is -0.810. The van der Waals surface area contributed by atoms with E-state index in [0.717, 1.165) is 38.8 Å². The molecule has 2 N–H and O–H groups in total. The van der Waals surface area contributed by atoms with Gasteiger partial charge in [-0.1, -0.05) is 6.92 Å². The summed E-state index contributed by atoms with van der Waals surface area (Å²) in [5.74, 6) is 0. The average molecular weight is 300 g/mol. The fourth-order valence-corrected chi connectivity index (χ4v) is 2.45. The molecular weight excluding hydrogens is 268 g/mol. The summed E-state index contributed by atoms with van der Waals surface area (Å²) in [7, 11) is 0. The molecular formula is C16H32N2O3. The number of carbonyl (C=O) groups is 1. The lowest BCUT2D eigenvalue weighted by Gasteiger charge is -2.38. The van der Waals surface area contributed by atoms with Gasteiger partial charge in [0.05, 0.1) is 5.60 Å². The molecule has 0 aromatic heterocycles. The van der Waals surface area contributed by atoms with Gasteiger partial charge in [0.25, 0.3) is 0 Å². The molecule has 0 spiro atoms. The van der Waals surface area contributed by atoms with Crippen LogP contribution in [0.15, 0.2) is 0 Å². The second-order valence-electron chi connectivity index (χ2n) is 7.08. The third-order valence-electron chi connectivity index (χ3n) is 3.80. The molecule has 2 atom stereocenters. The van der Waals surface area contributed by atoms with E-state index in [4.69, 9.17) is 9.47 Å². The van der Waals surface area contributed by atoms with Crippen molar-refractivity contribution in [2.24, 2.45) is 0 Å². The Kier molecular flexibility index (Phi) is 6.94. The highest BCUT2D eigenvalue weighted by atomic mass is 16.6. The van der Waals surface area contributed by atoms with Crippen LogP contribution < -0.4 is 10.6 Å². The number of hydrogen-bond donors (Lipinski definition) is 2. The lowest BCUT2D eigenvalue weighted by molar-refractivity contribution is -0.0778. The van der Waals surface area contributed by atoms with E-state index in [2.05, 4.69) is 24.5 Å². The molecule has 1 rings (SSSR count). The molecule has 0 aliphatic carbocycles. The van der Waals surface area contributed by atoms with Crippen molar-refractivity contribution in [2.45, 2.75) is 77.5 Å². The van der Waals surface area contributed by atoms with E-state index >= 15 is 0 Å². The van der Waals surface area contributed by atoms with Crippen LogP contribution in [-0.2, 0) is 9.47 Å². The molecule has 2 unspecified atom stereocenters. The van der Waals surface area contributed by atoms with E-state index in [1.165, 1.54) is 0 Å². The zero-order valence-corrected chi connectivity index (χ0v) is 14.3. The minimum absolute atomic E-state index is 0.0185. The molecule has 0 aromatic rings. The lowest BCUT2D eigenvalue weighted by Crippen LogP contribution is -2.45. The van der Waals surface area contributed by atoms with Gasteiger partial charge in [0.15, 0.2) is 0 Å². The Labute approximate surface area is 129 Å². The van der Waals surface area contributed by atoms with Gasteiger partial charge in [0.2, 0.25) is 0 Å². The van der Waals surface area contributed by atoms with Crippen LogP contribution in [0.2, 0.25) is 0 Å². The van der Waals surface area contributed by atoms with Crippen molar-refractivity contribution >= 4 is 6.09 Å². The molecule has 21 heavy (non-hydrogen) atoms. The third-order valence-corrected chi connectivity index (χ3v) is 3.80. The monoisotopic (exact) mass is 300 g/mol. The predicted octanol–water partition coefficient (Wildman–Crippen LogP) is 2.84. The summed E-state index contributed by atoms with van der Waals surface area (Å²) in [5.41, 5.74) is -0.417. The van der Waals surface area contributed by atoms with Crippen molar-refractivity contribution < 1.29 is 14.3 Å². The van der Waals surface area contributed by atoms with Gasteiger partial charge in [-0.3, -0.25) is 0 Å². The highest BCUT2D eigenvalue weighted by molar-refractivity contribution is 5.67. The molecule has 1 aliphatic heterocycles. The van der Waals surface area contributed by atoms with Crippen molar-refractivity contribution in [3.05, 3.63) is 0 Å².